The minimum atomic E-state index is -4.37. The fourth-order valence-corrected chi connectivity index (χ4v) is 6.49. The van der Waals surface area contributed by atoms with Gasteiger partial charge in [-0.15, -0.1) is 0 Å². The molecule has 51 heavy (non-hydrogen) atoms. The van der Waals surface area contributed by atoms with Crippen LogP contribution in [0.2, 0.25) is 0 Å². The molecule has 5 rings (SSSR count). The molecular formula is C41H45F3N2O5. The molecule has 0 saturated heterocycles. The van der Waals surface area contributed by atoms with Gasteiger partial charge in [-0.2, -0.15) is 13.2 Å². The molecule has 0 saturated carbocycles. The van der Waals surface area contributed by atoms with E-state index < -0.39 is 17.7 Å². The summed E-state index contributed by atoms with van der Waals surface area (Å²) in [6.07, 6.45) is 1.04. The molecule has 0 amide bonds. The maximum Gasteiger partial charge on any atom is 0.416 e. The van der Waals surface area contributed by atoms with Crippen LogP contribution < -0.4 is 4.74 Å². The normalized spacial score (nSPS) is 14.2. The number of alkyl halides is 3. The molecule has 1 aliphatic carbocycles. The van der Waals surface area contributed by atoms with Crippen LogP contribution in [0.4, 0.5) is 13.2 Å². The molecule has 1 atom stereocenters. The highest BCUT2D eigenvalue weighted by Gasteiger charge is 2.30. The average Bonchev–Trinajstić information content (AvgIpc) is 3.14. The van der Waals surface area contributed by atoms with Crippen molar-refractivity contribution in [3.63, 3.8) is 0 Å². The summed E-state index contributed by atoms with van der Waals surface area (Å²) in [7, 11) is 0. The van der Waals surface area contributed by atoms with Crippen molar-refractivity contribution in [3.8, 4) is 16.9 Å². The number of carbonyl (C=O) groups is 2. The first-order valence-electron chi connectivity index (χ1n) is 17.7. The van der Waals surface area contributed by atoms with Gasteiger partial charge in [0.1, 0.15) is 18.1 Å². The van der Waals surface area contributed by atoms with E-state index in [2.05, 4.69) is 11.0 Å². The van der Waals surface area contributed by atoms with Crippen LogP contribution in [0.25, 0.3) is 11.1 Å². The van der Waals surface area contributed by atoms with E-state index >= 15 is 0 Å². The van der Waals surface area contributed by atoms with Gasteiger partial charge in [0.15, 0.2) is 0 Å². The maximum atomic E-state index is 13.0. The van der Waals surface area contributed by atoms with E-state index in [1.807, 2.05) is 55.5 Å². The molecule has 4 aromatic rings. The minimum Gasteiger partial charge on any atom is -0.489 e. The van der Waals surface area contributed by atoms with Crippen molar-refractivity contribution in [3.05, 3.63) is 119 Å². The summed E-state index contributed by atoms with van der Waals surface area (Å²) in [5.41, 5.74) is 5.27. The average molecular weight is 703 g/mol. The third-order valence-electron chi connectivity index (χ3n) is 9.10. The predicted octanol–water partition coefficient (Wildman–Crippen LogP) is 9.18. The van der Waals surface area contributed by atoms with Crippen LogP contribution in [0.5, 0.6) is 5.75 Å². The lowest BCUT2D eigenvalue weighted by molar-refractivity contribution is -0.143. The van der Waals surface area contributed by atoms with Crippen molar-refractivity contribution in [2.24, 2.45) is 0 Å². The molecule has 0 bridgehead atoms. The van der Waals surface area contributed by atoms with Crippen molar-refractivity contribution < 1.29 is 37.0 Å². The number of pyridine rings is 1. The second-order valence-electron chi connectivity index (χ2n) is 12.6. The van der Waals surface area contributed by atoms with Crippen LogP contribution in [0.3, 0.4) is 0 Å². The second-order valence-corrected chi connectivity index (χ2v) is 12.6. The van der Waals surface area contributed by atoms with Crippen LogP contribution in [0.1, 0.15) is 90.4 Å². The van der Waals surface area contributed by atoms with E-state index in [4.69, 9.17) is 19.2 Å². The zero-order valence-electron chi connectivity index (χ0n) is 29.2. The van der Waals surface area contributed by atoms with Crippen LogP contribution in [-0.4, -0.2) is 48.1 Å². The number of halogens is 3. The lowest BCUT2D eigenvalue weighted by atomic mass is 9.89. The molecule has 7 nitrogen and oxygen atoms in total. The lowest BCUT2D eigenvalue weighted by Crippen LogP contribution is -2.34. The molecule has 1 aliphatic rings. The summed E-state index contributed by atoms with van der Waals surface area (Å²) in [6, 6.07) is 24.7. The van der Waals surface area contributed by atoms with Crippen molar-refractivity contribution in [2.75, 3.05) is 26.3 Å². The molecule has 270 valence electrons. The Hall–Kier alpha value is -4.70. The van der Waals surface area contributed by atoms with Crippen LogP contribution in [0.15, 0.2) is 84.9 Å². The maximum absolute atomic E-state index is 13.0. The van der Waals surface area contributed by atoms with Gasteiger partial charge in [0.25, 0.3) is 0 Å². The first-order chi connectivity index (χ1) is 24.7. The van der Waals surface area contributed by atoms with E-state index in [9.17, 15) is 22.8 Å². The van der Waals surface area contributed by atoms with Gasteiger partial charge in [-0.3, -0.25) is 9.69 Å². The standard InChI is InChI=1S/C41H45F3N2O5/c1-3-49-39(47)14-7-8-26-46(37-12-9-11-35-34(37)23-24-36(45-35)40(48)50-4-2)27-25-32-10-5-6-13-38(32)51-28-29-15-17-30(18-16-29)31-19-21-33(22-20-31)41(42,43)44/h5-6,10,13,15-24,37H,3-4,7-9,11-12,14,25-28H2,1-2H3. The lowest BCUT2D eigenvalue weighted by Gasteiger charge is -2.36. The Morgan fingerprint density at radius 1 is 0.843 bits per heavy atom. The minimum absolute atomic E-state index is 0.122. The monoisotopic (exact) mass is 702 g/mol. The number of hydrogen-bond acceptors (Lipinski definition) is 7. The van der Waals surface area contributed by atoms with Crippen molar-refractivity contribution in [1.29, 1.82) is 0 Å². The van der Waals surface area contributed by atoms with Crippen molar-refractivity contribution in [1.82, 2.24) is 9.88 Å². The van der Waals surface area contributed by atoms with Gasteiger partial charge in [-0.25, -0.2) is 9.78 Å². The Morgan fingerprint density at radius 2 is 1.55 bits per heavy atom. The third-order valence-corrected chi connectivity index (χ3v) is 9.10. The number of carbonyl (C=O) groups excluding carboxylic acids is 2. The van der Waals surface area contributed by atoms with E-state index in [1.54, 1.807) is 13.0 Å². The highest BCUT2D eigenvalue weighted by atomic mass is 19.4. The van der Waals surface area contributed by atoms with Gasteiger partial charge in [-0.05, 0) is 111 Å². The summed E-state index contributed by atoms with van der Waals surface area (Å²) in [6.45, 7) is 6.14. The third kappa shape index (κ3) is 10.4. The zero-order valence-corrected chi connectivity index (χ0v) is 29.2. The van der Waals surface area contributed by atoms with Gasteiger partial charge >= 0.3 is 18.1 Å². The topological polar surface area (TPSA) is 78.0 Å². The fraction of sp³-hybridized carbons (Fsp3) is 0.390. The Bertz CT molecular complexity index is 1740. The summed E-state index contributed by atoms with van der Waals surface area (Å²) in [4.78, 5) is 31.5. The highest BCUT2D eigenvalue weighted by Crippen LogP contribution is 2.35. The molecule has 1 unspecified atom stereocenters. The molecule has 1 aromatic heterocycles. The molecule has 0 fully saturated rings. The number of nitrogens with zero attached hydrogens (tertiary/aromatic N) is 2. The van der Waals surface area contributed by atoms with E-state index in [-0.39, 0.29) is 12.0 Å². The number of fused-ring (bicyclic) bond motifs is 1. The van der Waals surface area contributed by atoms with Crippen molar-refractivity contribution in [2.45, 2.75) is 77.6 Å². The Labute approximate surface area is 297 Å². The largest absolute Gasteiger partial charge is 0.489 e. The number of aromatic nitrogens is 1. The summed E-state index contributed by atoms with van der Waals surface area (Å²) >= 11 is 0. The Morgan fingerprint density at radius 3 is 2.25 bits per heavy atom. The van der Waals surface area contributed by atoms with Crippen molar-refractivity contribution >= 4 is 11.9 Å². The molecule has 0 radical (unpaired) electrons. The number of benzene rings is 3. The van der Waals surface area contributed by atoms with Gasteiger partial charge in [-0.1, -0.05) is 60.7 Å². The van der Waals surface area contributed by atoms with Gasteiger partial charge < -0.3 is 14.2 Å². The van der Waals surface area contributed by atoms with E-state index in [0.29, 0.717) is 37.5 Å². The molecule has 0 spiro atoms. The molecule has 1 heterocycles. The van der Waals surface area contributed by atoms with Crippen LogP contribution in [-0.2, 0) is 39.9 Å². The molecule has 3 aromatic carbocycles. The summed E-state index contributed by atoms with van der Waals surface area (Å²) < 4.78 is 55.5. The quantitative estimate of drug-likeness (QED) is 0.0851. The molecule has 0 N–H and O–H groups in total. The molecule has 10 heteroatoms. The van der Waals surface area contributed by atoms with Gasteiger partial charge in [0.2, 0.25) is 0 Å². The Kier molecular flexibility index (Phi) is 13.2. The van der Waals surface area contributed by atoms with Gasteiger partial charge in [0, 0.05) is 24.7 Å². The molecule has 0 aliphatic heterocycles. The number of para-hydroxylation sites is 1. The molecular weight excluding hydrogens is 657 g/mol. The zero-order chi connectivity index (χ0) is 36.2. The smallest absolute Gasteiger partial charge is 0.416 e. The van der Waals surface area contributed by atoms with E-state index in [1.165, 1.54) is 12.1 Å². The van der Waals surface area contributed by atoms with Crippen LogP contribution >= 0.6 is 0 Å². The number of aryl methyl sites for hydroxylation is 1. The highest BCUT2D eigenvalue weighted by molar-refractivity contribution is 5.87. The SMILES string of the molecule is CCOC(=O)CCCCN(CCc1ccccc1OCc1ccc(-c2ccc(C(F)(F)F)cc2)cc1)C1CCCc2nc(C(=O)OCC)ccc21. The summed E-state index contributed by atoms with van der Waals surface area (Å²) in [5, 5.41) is 0. The number of esters is 2. The van der Waals surface area contributed by atoms with E-state index in [0.717, 1.165) is 97.4 Å². The first kappa shape index (κ1) is 37.6. The Balaban J connectivity index is 1.26. The van der Waals surface area contributed by atoms with Gasteiger partial charge in [0.05, 0.1) is 18.8 Å². The number of ether oxygens (including phenoxy) is 3. The van der Waals surface area contributed by atoms with Crippen LogP contribution in [0, 0.1) is 0 Å². The number of rotatable bonds is 16. The number of unbranched alkanes of at least 4 members (excludes halogenated alkanes) is 1. The second kappa shape index (κ2) is 18.0. The summed E-state index contributed by atoms with van der Waals surface area (Å²) in [5.74, 6) is 0.198. The fourth-order valence-electron chi connectivity index (χ4n) is 6.49. The number of hydrogen-bond donors (Lipinski definition) is 0. The first-order valence-corrected chi connectivity index (χ1v) is 17.7. The predicted molar refractivity (Wildman–Crippen MR) is 189 cm³/mol.